The third-order valence-electron chi connectivity index (χ3n) is 5.65. The van der Waals surface area contributed by atoms with Crippen LogP contribution in [-0.2, 0) is 11.2 Å². The Morgan fingerprint density at radius 2 is 1.91 bits per heavy atom. The highest BCUT2D eigenvalue weighted by Crippen LogP contribution is 2.23. The van der Waals surface area contributed by atoms with Crippen molar-refractivity contribution >= 4 is 11.8 Å². The van der Waals surface area contributed by atoms with Crippen molar-refractivity contribution in [3.05, 3.63) is 87.8 Å². The van der Waals surface area contributed by atoms with E-state index in [9.17, 15) is 23.5 Å². The van der Waals surface area contributed by atoms with E-state index in [1.54, 1.807) is 24.3 Å². The molecule has 1 amide bonds. The minimum atomic E-state index is -1.04. The van der Waals surface area contributed by atoms with Gasteiger partial charge in [-0.2, -0.15) is 5.10 Å². The molecule has 4 rings (SSSR count). The van der Waals surface area contributed by atoms with Gasteiger partial charge in [0, 0.05) is 50.2 Å². The Kier molecular flexibility index (Phi) is 6.79. The summed E-state index contributed by atoms with van der Waals surface area (Å²) < 4.78 is 33.5. The number of benzene rings is 2. The summed E-state index contributed by atoms with van der Waals surface area (Å²) in [5.41, 5.74) is 1.39. The first-order valence-corrected chi connectivity index (χ1v) is 10.6. The molecule has 33 heavy (non-hydrogen) atoms. The second kappa shape index (κ2) is 9.91. The van der Waals surface area contributed by atoms with E-state index in [-0.39, 0.29) is 29.1 Å². The molecule has 1 saturated heterocycles. The first-order valence-electron chi connectivity index (χ1n) is 10.6. The summed E-state index contributed by atoms with van der Waals surface area (Å²) in [7, 11) is 0. The van der Waals surface area contributed by atoms with Crippen LogP contribution in [0.3, 0.4) is 0 Å². The Morgan fingerprint density at radius 3 is 2.64 bits per heavy atom. The van der Waals surface area contributed by atoms with Gasteiger partial charge >= 0.3 is 6.09 Å². The molecular formula is C24H23F2N3O4. The largest absolute Gasteiger partial charge is 0.465 e. The Labute approximate surface area is 188 Å². The summed E-state index contributed by atoms with van der Waals surface area (Å²) in [6.45, 7) is 1.62. The summed E-state index contributed by atoms with van der Waals surface area (Å²) in [6.07, 6.45) is 2.11. The van der Waals surface area contributed by atoms with E-state index in [0.717, 1.165) is 25.0 Å². The van der Waals surface area contributed by atoms with Crippen LogP contribution in [0.4, 0.5) is 19.3 Å². The molecule has 1 aliphatic rings. The maximum absolute atomic E-state index is 13.6. The van der Waals surface area contributed by atoms with Gasteiger partial charge in [0.2, 0.25) is 5.43 Å². The number of hydrogen-bond acceptors (Lipinski definition) is 4. The number of nitrogens with zero attached hydrogens (tertiary/aromatic N) is 3. The molecule has 2 heterocycles. The fraction of sp³-hybridized carbons (Fsp3) is 0.292. The molecule has 0 saturated carbocycles. The maximum Gasteiger partial charge on any atom is 0.411 e. The van der Waals surface area contributed by atoms with E-state index in [2.05, 4.69) is 5.10 Å². The van der Waals surface area contributed by atoms with E-state index in [1.165, 1.54) is 27.9 Å². The Hall–Kier alpha value is -3.59. The van der Waals surface area contributed by atoms with Gasteiger partial charge < -0.3 is 9.84 Å². The Morgan fingerprint density at radius 1 is 1.12 bits per heavy atom. The van der Waals surface area contributed by atoms with Crippen molar-refractivity contribution in [3.8, 4) is 5.69 Å². The molecule has 1 N–H and O–H groups in total. The molecule has 1 aromatic heterocycles. The Bertz CT molecular complexity index is 1210. The molecule has 2 aromatic carbocycles. The number of carboxylic acid groups (broad SMARTS) is 1. The molecule has 0 unspecified atom stereocenters. The molecule has 0 aliphatic carbocycles. The number of amides is 1. The smallest absolute Gasteiger partial charge is 0.411 e. The lowest BCUT2D eigenvalue weighted by molar-refractivity contribution is 0.0680. The second-order valence-corrected chi connectivity index (χ2v) is 7.97. The number of anilines is 1. The van der Waals surface area contributed by atoms with Crippen LogP contribution in [0, 0.1) is 17.6 Å². The Balaban J connectivity index is 1.58. The highest BCUT2D eigenvalue weighted by atomic mass is 19.2. The van der Waals surface area contributed by atoms with Crippen LogP contribution in [-0.4, -0.2) is 40.7 Å². The predicted octanol–water partition coefficient (Wildman–Crippen LogP) is 4.01. The minimum absolute atomic E-state index is 0.155. The molecule has 0 spiro atoms. The van der Waals surface area contributed by atoms with Crippen molar-refractivity contribution in [2.45, 2.75) is 19.3 Å². The molecule has 1 fully saturated rings. The minimum Gasteiger partial charge on any atom is -0.465 e. The van der Waals surface area contributed by atoms with E-state index in [4.69, 9.17) is 4.74 Å². The average Bonchev–Trinajstić information content (AvgIpc) is 2.81. The van der Waals surface area contributed by atoms with Crippen LogP contribution in [0.2, 0.25) is 0 Å². The fourth-order valence-electron chi connectivity index (χ4n) is 3.85. The standard InChI is InChI=1S/C24H23F2N3O4/c25-20-5-4-19(14-21(20)26)29-9-6-23(30)22(27-29)13-17-2-1-3-18(12-17)28(24(31)32)15-16-7-10-33-11-8-16/h1-6,9,12,14,16H,7-8,10-11,13,15H2,(H,31,32). The van der Waals surface area contributed by atoms with Crippen LogP contribution in [0.5, 0.6) is 0 Å². The van der Waals surface area contributed by atoms with Crippen LogP contribution in [0.15, 0.2) is 59.5 Å². The van der Waals surface area contributed by atoms with Crippen LogP contribution >= 0.6 is 0 Å². The van der Waals surface area contributed by atoms with Crippen LogP contribution in [0.25, 0.3) is 5.69 Å². The van der Waals surface area contributed by atoms with Gasteiger partial charge in [-0.1, -0.05) is 12.1 Å². The van der Waals surface area contributed by atoms with E-state index in [1.807, 2.05) is 0 Å². The monoisotopic (exact) mass is 455 g/mol. The zero-order chi connectivity index (χ0) is 23.4. The second-order valence-electron chi connectivity index (χ2n) is 7.97. The topological polar surface area (TPSA) is 84.7 Å². The highest BCUT2D eigenvalue weighted by molar-refractivity contribution is 5.86. The van der Waals surface area contributed by atoms with Crippen molar-refractivity contribution in [2.24, 2.45) is 5.92 Å². The lowest BCUT2D eigenvalue weighted by atomic mass is 9.99. The molecule has 7 nitrogen and oxygen atoms in total. The lowest BCUT2D eigenvalue weighted by Gasteiger charge is -2.28. The van der Waals surface area contributed by atoms with E-state index < -0.39 is 17.7 Å². The van der Waals surface area contributed by atoms with Crippen molar-refractivity contribution < 1.29 is 23.4 Å². The summed E-state index contributed by atoms with van der Waals surface area (Å²) in [5, 5.41) is 14.0. The first-order chi connectivity index (χ1) is 15.9. The molecule has 0 radical (unpaired) electrons. The number of ether oxygens (including phenoxy) is 1. The van der Waals surface area contributed by atoms with Crippen molar-refractivity contribution in [3.63, 3.8) is 0 Å². The van der Waals surface area contributed by atoms with E-state index in [0.29, 0.717) is 31.0 Å². The zero-order valence-electron chi connectivity index (χ0n) is 17.8. The van der Waals surface area contributed by atoms with Gasteiger partial charge in [0.05, 0.1) is 5.69 Å². The first kappa shape index (κ1) is 22.6. The summed E-state index contributed by atoms with van der Waals surface area (Å²) in [5.74, 6) is -1.77. The highest BCUT2D eigenvalue weighted by Gasteiger charge is 2.22. The van der Waals surface area contributed by atoms with Crippen LogP contribution in [0.1, 0.15) is 24.1 Å². The third kappa shape index (κ3) is 5.43. The fourth-order valence-corrected chi connectivity index (χ4v) is 3.85. The molecule has 0 bridgehead atoms. The molecular weight excluding hydrogens is 432 g/mol. The zero-order valence-corrected chi connectivity index (χ0v) is 17.8. The predicted molar refractivity (Wildman–Crippen MR) is 118 cm³/mol. The van der Waals surface area contributed by atoms with Gasteiger partial charge in [0.15, 0.2) is 11.6 Å². The third-order valence-corrected chi connectivity index (χ3v) is 5.65. The molecule has 9 heteroatoms. The SMILES string of the molecule is O=C(O)N(CC1CCOCC1)c1cccc(Cc2nn(-c3ccc(F)c(F)c3)ccc2=O)c1. The maximum atomic E-state index is 13.6. The van der Waals surface area contributed by atoms with Gasteiger partial charge in [-0.25, -0.2) is 18.3 Å². The van der Waals surface area contributed by atoms with E-state index >= 15 is 0 Å². The number of aromatic nitrogens is 2. The van der Waals surface area contributed by atoms with Gasteiger partial charge in [-0.15, -0.1) is 0 Å². The van der Waals surface area contributed by atoms with Gasteiger partial charge in [0.1, 0.15) is 5.69 Å². The molecule has 1 aliphatic heterocycles. The number of carbonyl (C=O) groups is 1. The van der Waals surface area contributed by atoms with Gasteiger partial charge in [-0.3, -0.25) is 9.69 Å². The quantitative estimate of drug-likeness (QED) is 0.607. The van der Waals surface area contributed by atoms with Gasteiger partial charge in [-0.05, 0) is 48.6 Å². The number of halogens is 2. The van der Waals surface area contributed by atoms with Crippen molar-refractivity contribution in [2.75, 3.05) is 24.7 Å². The molecule has 3 aromatic rings. The van der Waals surface area contributed by atoms with Crippen LogP contribution < -0.4 is 10.3 Å². The summed E-state index contributed by atoms with van der Waals surface area (Å²) in [4.78, 5) is 25.6. The van der Waals surface area contributed by atoms with Crippen molar-refractivity contribution in [1.82, 2.24) is 9.78 Å². The number of rotatable bonds is 6. The molecule has 172 valence electrons. The van der Waals surface area contributed by atoms with Crippen molar-refractivity contribution in [1.29, 1.82) is 0 Å². The normalized spacial score (nSPS) is 14.2. The molecule has 0 atom stereocenters. The summed E-state index contributed by atoms with van der Waals surface area (Å²) >= 11 is 0. The average molecular weight is 455 g/mol. The number of hydrogen-bond donors (Lipinski definition) is 1. The lowest BCUT2D eigenvalue weighted by Crippen LogP contribution is -2.36. The van der Waals surface area contributed by atoms with Gasteiger partial charge in [0.25, 0.3) is 0 Å². The summed E-state index contributed by atoms with van der Waals surface area (Å²) in [6, 6.07) is 11.6.